The molecule has 1 fully saturated rings. The molecule has 1 saturated heterocycles. The van der Waals surface area contributed by atoms with E-state index in [1.807, 2.05) is 0 Å². The molecular weight excluding hydrogens is 372 g/mol. The quantitative estimate of drug-likeness (QED) is 0.673. The summed E-state index contributed by atoms with van der Waals surface area (Å²) in [6.45, 7) is 9.17. The number of H-pyrrole nitrogens is 1. The molecule has 0 atom stereocenters. The molecule has 8 nitrogen and oxygen atoms in total. The summed E-state index contributed by atoms with van der Waals surface area (Å²) in [6, 6.07) is -0.269. The molecule has 1 aliphatic rings. The zero-order chi connectivity index (χ0) is 20.4. The SMILES string of the molecule is CCOC(=O)c1[nH]c(C)c(S(=O)(=O)N(CC(C)(C)O)C2CCOCC2)c1C. The molecule has 0 bridgehead atoms. The first-order valence-electron chi connectivity index (χ1n) is 9.17. The van der Waals surface area contributed by atoms with Gasteiger partial charge >= 0.3 is 5.97 Å². The fourth-order valence-corrected chi connectivity index (χ4v) is 5.66. The zero-order valence-electron chi connectivity index (χ0n) is 16.7. The normalized spacial score (nSPS) is 16.7. The van der Waals surface area contributed by atoms with Crippen molar-refractivity contribution in [1.82, 2.24) is 9.29 Å². The summed E-state index contributed by atoms with van der Waals surface area (Å²) in [5.74, 6) is -0.584. The van der Waals surface area contributed by atoms with Crippen LogP contribution < -0.4 is 0 Å². The van der Waals surface area contributed by atoms with Gasteiger partial charge in [0.05, 0.1) is 12.2 Å². The van der Waals surface area contributed by atoms with Crippen molar-refractivity contribution < 1.29 is 27.8 Å². The predicted molar refractivity (Wildman–Crippen MR) is 100 cm³/mol. The van der Waals surface area contributed by atoms with Gasteiger partial charge in [-0.2, -0.15) is 4.31 Å². The smallest absolute Gasteiger partial charge is 0.355 e. The number of aromatic amines is 1. The minimum Gasteiger partial charge on any atom is -0.461 e. The molecule has 0 unspecified atom stereocenters. The molecule has 0 aliphatic carbocycles. The number of sulfonamides is 1. The van der Waals surface area contributed by atoms with Crippen molar-refractivity contribution in [2.45, 2.75) is 64.0 Å². The topological polar surface area (TPSA) is 109 Å². The minimum atomic E-state index is -3.94. The lowest BCUT2D eigenvalue weighted by molar-refractivity contribution is 0.0189. The fraction of sp³-hybridized carbons (Fsp3) is 0.722. The highest BCUT2D eigenvalue weighted by molar-refractivity contribution is 7.89. The molecule has 2 heterocycles. The van der Waals surface area contributed by atoms with E-state index in [-0.39, 0.29) is 29.8 Å². The monoisotopic (exact) mass is 402 g/mol. The Morgan fingerprint density at radius 1 is 1.33 bits per heavy atom. The number of carbonyl (C=O) groups excluding carboxylic acids is 1. The number of ether oxygens (including phenoxy) is 2. The molecule has 0 aromatic carbocycles. The first-order chi connectivity index (χ1) is 12.5. The van der Waals surface area contributed by atoms with Gasteiger partial charge in [0.2, 0.25) is 10.0 Å². The van der Waals surface area contributed by atoms with Crippen LogP contribution in [0.4, 0.5) is 0 Å². The molecule has 0 radical (unpaired) electrons. The van der Waals surface area contributed by atoms with Gasteiger partial charge in [0.25, 0.3) is 0 Å². The second kappa shape index (κ2) is 8.30. The van der Waals surface area contributed by atoms with Crippen LogP contribution in [-0.2, 0) is 19.5 Å². The molecule has 27 heavy (non-hydrogen) atoms. The summed E-state index contributed by atoms with van der Waals surface area (Å²) < 4.78 is 38.8. The predicted octanol–water partition coefficient (Wildman–Crippen LogP) is 1.75. The van der Waals surface area contributed by atoms with Crippen LogP contribution in [0.3, 0.4) is 0 Å². The Bertz CT molecular complexity index is 773. The lowest BCUT2D eigenvalue weighted by Gasteiger charge is -2.36. The summed E-state index contributed by atoms with van der Waals surface area (Å²) in [4.78, 5) is 15.1. The van der Waals surface area contributed by atoms with Gasteiger partial charge in [0, 0.05) is 37.1 Å². The van der Waals surface area contributed by atoms with E-state index in [1.54, 1.807) is 34.6 Å². The second-order valence-corrected chi connectivity index (χ2v) is 9.33. The van der Waals surface area contributed by atoms with Gasteiger partial charge in [-0.3, -0.25) is 0 Å². The highest BCUT2D eigenvalue weighted by atomic mass is 32.2. The third-order valence-electron chi connectivity index (χ3n) is 4.56. The van der Waals surface area contributed by atoms with E-state index < -0.39 is 21.6 Å². The highest BCUT2D eigenvalue weighted by Crippen LogP contribution is 2.31. The summed E-state index contributed by atoms with van der Waals surface area (Å²) in [5, 5.41) is 10.3. The van der Waals surface area contributed by atoms with E-state index in [4.69, 9.17) is 9.47 Å². The van der Waals surface area contributed by atoms with Crippen LogP contribution in [0.15, 0.2) is 4.90 Å². The largest absolute Gasteiger partial charge is 0.461 e. The number of nitrogens with zero attached hydrogens (tertiary/aromatic N) is 1. The van der Waals surface area contributed by atoms with Crippen LogP contribution in [-0.4, -0.2) is 66.8 Å². The summed E-state index contributed by atoms with van der Waals surface area (Å²) in [6.07, 6.45) is 1.12. The third kappa shape index (κ3) is 4.90. The average Bonchev–Trinajstić information content (AvgIpc) is 2.88. The first kappa shape index (κ1) is 21.9. The lowest BCUT2D eigenvalue weighted by atomic mass is 10.1. The van der Waals surface area contributed by atoms with E-state index in [9.17, 15) is 18.3 Å². The van der Waals surface area contributed by atoms with Gasteiger partial charge in [-0.15, -0.1) is 0 Å². The van der Waals surface area contributed by atoms with Gasteiger partial charge in [0.1, 0.15) is 10.6 Å². The third-order valence-corrected chi connectivity index (χ3v) is 6.73. The van der Waals surface area contributed by atoms with E-state index in [0.29, 0.717) is 37.3 Å². The van der Waals surface area contributed by atoms with Gasteiger partial charge in [0.15, 0.2) is 0 Å². The highest BCUT2D eigenvalue weighted by Gasteiger charge is 2.39. The molecule has 1 aromatic rings. The van der Waals surface area contributed by atoms with Crippen LogP contribution in [0.2, 0.25) is 0 Å². The van der Waals surface area contributed by atoms with Crippen molar-refractivity contribution in [3.8, 4) is 0 Å². The van der Waals surface area contributed by atoms with Gasteiger partial charge in [-0.05, 0) is 47.5 Å². The number of esters is 1. The fourth-order valence-electron chi connectivity index (χ4n) is 3.41. The van der Waals surface area contributed by atoms with Gasteiger partial charge in [-0.25, -0.2) is 13.2 Å². The molecule has 9 heteroatoms. The Kier molecular flexibility index (Phi) is 6.72. The van der Waals surface area contributed by atoms with E-state index in [1.165, 1.54) is 4.31 Å². The van der Waals surface area contributed by atoms with Crippen LogP contribution >= 0.6 is 0 Å². The van der Waals surface area contributed by atoms with Crippen molar-refractivity contribution in [2.75, 3.05) is 26.4 Å². The lowest BCUT2D eigenvalue weighted by Crippen LogP contribution is -2.49. The van der Waals surface area contributed by atoms with Gasteiger partial charge < -0.3 is 19.6 Å². The first-order valence-corrected chi connectivity index (χ1v) is 10.6. The van der Waals surface area contributed by atoms with Gasteiger partial charge in [-0.1, -0.05) is 0 Å². The van der Waals surface area contributed by atoms with E-state index in [0.717, 1.165) is 0 Å². The molecule has 0 amide bonds. The molecule has 1 aromatic heterocycles. The number of hydrogen-bond acceptors (Lipinski definition) is 6. The van der Waals surface area contributed by atoms with Crippen LogP contribution in [0.25, 0.3) is 0 Å². The molecule has 2 N–H and O–H groups in total. The van der Waals surface area contributed by atoms with Crippen LogP contribution in [0.5, 0.6) is 0 Å². The Labute approximate surface area is 160 Å². The maximum Gasteiger partial charge on any atom is 0.355 e. The van der Waals surface area contributed by atoms with E-state index in [2.05, 4.69) is 4.98 Å². The van der Waals surface area contributed by atoms with Crippen molar-refractivity contribution in [3.63, 3.8) is 0 Å². The Balaban J connectivity index is 2.50. The van der Waals surface area contributed by atoms with Crippen LogP contribution in [0.1, 0.15) is 55.4 Å². The van der Waals surface area contributed by atoms with Crippen molar-refractivity contribution >= 4 is 16.0 Å². The summed E-state index contributed by atoms with van der Waals surface area (Å²) >= 11 is 0. The van der Waals surface area contributed by atoms with Crippen LogP contribution in [0, 0.1) is 13.8 Å². The maximum atomic E-state index is 13.5. The number of nitrogens with one attached hydrogen (secondary N) is 1. The number of hydrogen-bond donors (Lipinski definition) is 2. The minimum absolute atomic E-state index is 0.0429. The Hall–Kier alpha value is -1.42. The Morgan fingerprint density at radius 2 is 1.93 bits per heavy atom. The molecule has 0 saturated carbocycles. The van der Waals surface area contributed by atoms with E-state index >= 15 is 0 Å². The zero-order valence-corrected chi connectivity index (χ0v) is 17.5. The number of carbonyl (C=O) groups is 1. The molecule has 0 spiro atoms. The Morgan fingerprint density at radius 3 is 2.44 bits per heavy atom. The molecular formula is C18H30N2O6S. The number of aryl methyl sites for hydroxylation is 1. The van der Waals surface area contributed by atoms with Crippen molar-refractivity contribution in [1.29, 1.82) is 0 Å². The number of rotatable bonds is 7. The number of aliphatic hydroxyl groups is 1. The maximum absolute atomic E-state index is 13.5. The molecule has 154 valence electrons. The second-order valence-electron chi connectivity index (χ2n) is 7.51. The van der Waals surface area contributed by atoms with Crippen molar-refractivity contribution in [2.24, 2.45) is 0 Å². The average molecular weight is 403 g/mol. The summed E-state index contributed by atoms with van der Waals surface area (Å²) in [7, 11) is -3.94. The van der Waals surface area contributed by atoms with Crippen molar-refractivity contribution in [3.05, 3.63) is 17.0 Å². The molecule has 2 rings (SSSR count). The summed E-state index contributed by atoms with van der Waals surface area (Å²) in [5.41, 5.74) is -0.349. The number of aromatic nitrogens is 1. The standard InChI is InChI=1S/C18H30N2O6S/c1-6-26-17(21)15-12(2)16(13(3)19-15)27(23,24)20(11-18(4,5)22)14-7-9-25-10-8-14/h14,19,22H,6-11H2,1-5H3. The molecule has 1 aliphatic heterocycles.